The molecule has 1 aromatic heterocycles. The normalized spacial score (nSPS) is 10.5. The van der Waals surface area contributed by atoms with Crippen molar-refractivity contribution in [2.24, 2.45) is 0 Å². The summed E-state index contributed by atoms with van der Waals surface area (Å²) in [5.41, 5.74) is 0.928. The van der Waals surface area contributed by atoms with Crippen molar-refractivity contribution in [2.75, 3.05) is 0 Å². The van der Waals surface area contributed by atoms with Gasteiger partial charge in [0, 0.05) is 11.6 Å². The van der Waals surface area contributed by atoms with Gasteiger partial charge in [-0.15, -0.1) is 0 Å². The van der Waals surface area contributed by atoms with Gasteiger partial charge in [-0.25, -0.2) is 0 Å². The first-order chi connectivity index (χ1) is 11.5. The van der Waals surface area contributed by atoms with Crippen LogP contribution in [0.15, 0.2) is 47.0 Å². The molecule has 0 amide bonds. The quantitative estimate of drug-likeness (QED) is 0.530. The molecule has 120 valence electrons. The van der Waals surface area contributed by atoms with Crippen molar-refractivity contribution >= 4 is 11.4 Å². The summed E-state index contributed by atoms with van der Waals surface area (Å²) in [4.78, 5) is 24.7. The lowest BCUT2D eigenvalue weighted by atomic mass is 10.1. The number of hydrogen-bond donors (Lipinski definition) is 0. The Labute approximate surface area is 134 Å². The lowest BCUT2D eigenvalue weighted by molar-refractivity contribution is -0.393. The van der Waals surface area contributed by atoms with Crippen molar-refractivity contribution in [3.05, 3.63) is 68.3 Å². The predicted octanol–water partition coefficient (Wildman–Crippen LogP) is 3.53. The first-order valence-corrected chi connectivity index (χ1v) is 6.79. The lowest BCUT2D eigenvalue weighted by Crippen LogP contribution is -1.95. The van der Waals surface area contributed by atoms with Gasteiger partial charge in [-0.3, -0.25) is 20.2 Å². The number of aryl methyl sites for hydroxylation is 1. The van der Waals surface area contributed by atoms with Gasteiger partial charge in [0.2, 0.25) is 5.82 Å². The monoisotopic (exact) mass is 326 g/mol. The summed E-state index contributed by atoms with van der Waals surface area (Å²) in [5, 5.41) is 25.8. The predicted molar refractivity (Wildman–Crippen MR) is 83.2 cm³/mol. The lowest BCUT2D eigenvalue weighted by Gasteiger charge is -1.98. The molecule has 2 aromatic carbocycles. The Hall–Kier alpha value is -3.62. The molecule has 9 heteroatoms. The van der Waals surface area contributed by atoms with Crippen LogP contribution in [0.5, 0.6) is 0 Å². The molecular weight excluding hydrogens is 316 g/mol. The highest BCUT2D eigenvalue weighted by atomic mass is 16.6. The molecule has 3 rings (SSSR count). The van der Waals surface area contributed by atoms with E-state index in [-0.39, 0.29) is 23.0 Å². The Morgan fingerprint density at radius 1 is 1.00 bits per heavy atom. The molecule has 24 heavy (non-hydrogen) atoms. The van der Waals surface area contributed by atoms with E-state index >= 15 is 0 Å². The molecule has 0 aliphatic carbocycles. The van der Waals surface area contributed by atoms with Gasteiger partial charge in [0.15, 0.2) is 0 Å². The summed E-state index contributed by atoms with van der Waals surface area (Å²) in [7, 11) is 0. The molecule has 0 fully saturated rings. The van der Waals surface area contributed by atoms with Gasteiger partial charge < -0.3 is 4.52 Å². The second-order valence-corrected chi connectivity index (χ2v) is 5.00. The molecule has 0 aliphatic rings. The van der Waals surface area contributed by atoms with Crippen LogP contribution in [-0.4, -0.2) is 20.0 Å². The third-order valence-electron chi connectivity index (χ3n) is 3.36. The molecule has 1 heterocycles. The van der Waals surface area contributed by atoms with E-state index in [1.54, 1.807) is 12.1 Å². The molecule has 0 atom stereocenters. The van der Waals surface area contributed by atoms with Crippen LogP contribution in [0, 0.1) is 27.2 Å². The van der Waals surface area contributed by atoms with Crippen LogP contribution in [0.2, 0.25) is 0 Å². The molecule has 0 unspecified atom stereocenters. The number of nitro benzene ring substituents is 2. The number of aromatic nitrogens is 2. The maximum absolute atomic E-state index is 11.2. The Morgan fingerprint density at radius 3 is 2.33 bits per heavy atom. The zero-order valence-corrected chi connectivity index (χ0v) is 12.4. The van der Waals surface area contributed by atoms with Crippen molar-refractivity contribution < 1.29 is 14.4 Å². The molecule has 3 aromatic rings. The van der Waals surface area contributed by atoms with Crippen LogP contribution in [-0.2, 0) is 0 Å². The van der Waals surface area contributed by atoms with Crippen LogP contribution < -0.4 is 0 Å². The molecule has 0 saturated heterocycles. The maximum atomic E-state index is 11.2. The van der Waals surface area contributed by atoms with Gasteiger partial charge in [-0.05, 0) is 13.0 Å². The van der Waals surface area contributed by atoms with E-state index in [1.165, 1.54) is 6.07 Å². The summed E-state index contributed by atoms with van der Waals surface area (Å²) in [6, 6.07) is 10.6. The zero-order valence-electron chi connectivity index (χ0n) is 12.4. The molecule has 0 aliphatic heterocycles. The average Bonchev–Trinajstić information content (AvgIpc) is 3.04. The number of nitrogens with zero attached hydrogens (tertiary/aromatic N) is 4. The van der Waals surface area contributed by atoms with E-state index in [9.17, 15) is 20.2 Å². The van der Waals surface area contributed by atoms with Gasteiger partial charge >= 0.3 is 0 Å². The van der Waals surface area contributed by atoms with Crippen LogP contribution >= 0.6 is 0 Å². The first-order valence-electron chi connectivity index (χ1n) is 6.79. The largest absolute Gasteiger partial charge is 0.333 e. The van der Waals surface area contributed by atoms with E-state index < -0.39 is 15.5 Å². The summed E-state index contributed by atoms with van der Waals surface area (Å²) >= 11 is 0. The minimum atomic E-state index is -0.724. The van der Waals surface area contributed by atoms with Gasteiger partial charge in [0.1, 0.15) is 5.56 Å². The summed E-state index contributed by atoms with van der Waals surface area (Å²) in [6.07, 6.45) is 0. The summed E-state index contributed by atoms with van der Waals surface area (Å²) < 4.78 is 5.09. The highest BCUT2D eigenvalue weighted by Crippen LogP contribution is 2.33. The van der Waals surface area contributed by atoms with Gasteiger partial charge in [-0.2, -0.15) is 4.98 Å². The second-order valence-electron chi connectivity index (χ2n) is 5.00. The fourth-order valence-electron chi connectivity index (χ4n) is 2.12. The zero-order chi connectivity index (χ0) is 17.3. The minimum absolute atomic E-state index is 0.0245. The third kappa shape index (κ3) is 2.82. The maximum Gasteiger partial charge on any atom is 0.289 e. The van der Waals surface area contributed by atoms with Crippen molar-refractivity contribution in [1.82, 2.24) is 10.1 Å². The average molecular weight is 326 g/mol. The third-order valence-corrected chi connectivity index (χ3v) is 3.36. The molecule has 9 nitrogen and oxygen atoms in total. The Kier molecular flexibility index (Phi) is 3.74. The minimum Gasteiger partial charge on any atom is -0.333 e. The SMILES string of the molecule is Cc1ccc(-c2noc(-c3ccc([N+](=O)[O-])cc3[N+](=O)[O-])n2)cc1. The number of rotatable bonds is 4. The van der Waals surface area contributed by atoms with E-state index in [4.69, 9.17) is 4.52 Å². The van der Waals surface area contributed by atoms with E-state index in [1.807, 2.05) is 19.1 Å². The van der Waals surface area contributed by atoms with Crippen molar-refractivity contribution in [1.29, 1.82) is 0 Å². The fraction of sp³-hybridized carbons (Fsp3) is 0.0667. The van der Waals surface area contributed by atoms with Gasteiger partial charge in [-0.1, -0.05) is 35.0 Å². The van der Waals surface area contributed by atoms with Crippen molar-refractivity contribution in [2.45, 2.75) is 6.92 Å². The molecule has 0 radical (unpaired) electrons. The fourth-order valence-corrected chi connectivity index (χ4v) is 2.12. The first kappa shape index (κ1) is 15.3. The Morgan fingerprint density at radius 2 is 1.71 bits per heavy atom. The number of hydrogen-bond acceptors (Lipinski definition) is 7. The van der Waals surface area contributed by atoms with Crippen LogP contribution in [0.1, 0.15) is 5.56 Å². The smallest absolute Gasteiger partial charge is 0.289 e. The second kappa shape index (κ2) is 5.88. The van der Waals surface area contributed by atoms with E-state index in [0.29, 0.717) is 5.56 Å². The van der Waals surface area contributed by atoms with Crippen LogP contribution in [0.3, 0.4) is 0 Å². The van der Waals surface area contributed by atoms with Crippen molar-refractivity contribution in [3.8, 4) is 22.8 Å². The highest BCUT2D eigenvalue weighted by Gasteiger charge is 2.24. The highest BCUT2D eigenvalue weighted by molar-refractivity contribution is 5.70. The number of nitro groups is 2. The number of benzene rings is 2. The summed E-state index contributed by atoms with van der Waals surface area (Å²) in [5.74, 6) is 0.199. The topological polar surface area (TPSA) is 125 Å². The standard InChI is InChI=1S/C15H10N4O5/c1-9-2-4-10(5-3-9)14-16-15(24-17-14)12-7-6-11(18(20)21)8-13(12)19(22)23/h2-8H,1H3. The molecular formula is C15H10N4O5. The molecule has 0 saturated carbocycles. The van der Waals surface area contributed by atoms with Crippen LogP contribution in [0.4, 0.5) is 11.4 Å². The Bertz CT molecular complexity index is 933. The van der Waals surface area contributed by atoms with Gasteiger partial charge in [0.25, 0.3) is 17.3 Å². The van der Waals surface area contributed by atoms with Gasteiger partial charge in [0.05, 0.1) is 15.9 Å². The molecule has 0 spiro atoms. The van der Waals surface area contributed by atoms with Crippen LogP contribution in [0.25, 0.3) is 22.8 Å². The van der Waals surface area contributed by atoms with E-state index in [2.05, 4.69) is 10.1 Å². The molecule has 0 bridgehead atoms. The molecule has 0 N–H and O–H groups in total. The number of non-ortho nitro benzene ring substituents is 1. The van der Waals surface area contributed by atoms with Crippen molar-refractivity contribution in [3.63, 3.8) is 0 Å². The van der Waals surface area contributed by atoms with E-state index in [0.717, 1.165) is 17.7 Å². The Balaban J connectivity index is 2.05. The summed E-state index contributed by atoms with van der Waals surface area (Å²) in [6.45, 7) is 1.94.